The number of para-hydroxylation sites is 1. The Bertz CT molecular complexity index is 1190. The zero-order valence-electron chi connectivity index (χ0n) is 17.4. The molecule has 1 aromatic heterocycles. The number of methoxy groups -OCH3 is 1. The van der Waals surface area contributed by atoms with E-state index in [9.17, 15) is 14.4 Å². The summed E-state index contributed by atoms with van der Waals surface area (Å²) in [6.07, 6.45) is 4.94. The zero-order valence-corrected chi connectivity index (χ0v) is 18.2. The summed E-state index contributed by atoms with van der Waals surface area (Å²) in [4.78, 5) is 46.6. The number of rotatable bonds is 5. The van der Waals surface area contributed by atoms with Crippen molar-refractivity contribution in [2.24, 2.45) is 11.8 Å². The van der Waals surface area contributed by atoms with Crippen LogP contribution in [0.25, 0.3) is 10.2 Å². The number of carbonyl (C=O) groups is 3. The Balaban J connectivity index is 1.50. The molecule has 2 atom stereocenters. The highest BCUT2D eigenvalue weighted by Crippen LogP contribution is 2.37. The molecule has 162 valence electrons. The van der Waals surface area contributed by atoms with Crippen molar-refractivity contribution in [1.29, 1.82) is 0 Å². The molecule has 0 spiro atoms. The SMILES string of the molecule is COc1cccc(N(C(=O)CN2C(=O)[C@@H]3CC=CC[C@H]3C2=O)c2nc3ccccc3s2)c1. The lowest BCUT2D eigenvalue weighted by Gasteiger charge is -2.23. The van der Waals surface area contributed by atoms with Crippen LogP contribution in [0.3, 0.4) is 0 Å². The van der Waals surface area contributed by atoms with Crippen LogP contribution in [0.2, 0.25) is 0 Å². The van der Waals surface area contributed by atoms with Crippen molar-refractivity contribution in [3.8, 4) is 5.75 Å². The van der Waals surface area contributed by atoms with Gasteiger partial charge in [0, 0.05) is 6.07 Å². The van der Waals surface area contributed by atoms with E-state index in [1.165, 1.54) is 16.2 Å². The third-order valence-electron chi connectivity index (χ3n) is 5.93. The average molecular weight is 448 g/mol. The molecule has 1 aliphatic heterocycles. The van der Waals surface area contributed by atoms with Gasteiger partial charge < -0.3 is 4.74 Å². The lowest BCUT2D eigenvalue weighted by Crippen LogP contribution is -2.41. The first kappa shape index (κ1) is 20.4. The number of ether oxygens (including phenoxy) is 1. The summed E-state index contributed by atoms with van der Waals surface area (Å²) in [6, 6.07) is 14.7. The number of hydrogen-bond donors (Lipinski definition) is 0. The monoisotopic (exact) mass is 447 g/mol. The number of imide groups is 1. The predicted molar refractivity (Wildman–Crippen MR) is 122 cm³/mol. The molecule has 0 N–H and O–H groups in total. The van der Waals surface area contributed by atoms with Crippen molar-refractivity contribution >= 4 is 50.1 Å². The summed E-state index contributed by atoms with van der Waals surface area (Å²) in [7, 11) is 1.56. The molecule has 8 heteroatoms. The number of nitrogens with zero attached hydrogens (tertiary/aromatic N) is 3. The summed E-state index contributed by atoms with van der Waals surface area (Å²) in [5.41, 5.74) is 1.34. The number of fused-ring (bicyclic) bond motifs is 2. The summed E-state index contributed by atoms with van der Waals surface area (Å²) in [5, 5.41) is 0.475. The van der Waals surface area contributed by atoms with E-state index >= 15 is 0 Å². The second-order valence-electron chi connectivity index (χ2n) is 7.81. The number of allylic oxidation sites excluding steroid dienone is 2. The summed E-state index contributed by atoms with van der Waals surface area (Å²) < 4.78 is 6.27. The number of likely N-dealkylation sites (tertiary alicyclic amines) is 1. The van der Waals surface area contributed by atoms with E-state index in [1.807, 2.05) is 36.4 Å². The Hall–Kier alpha value is -3.52. The van der Waals surface area contributed by atoms with Crippen molar-refractivity contribution in [2.75, 3.05) is 18.6 Å². The number of hydrogen-bond acceptors (Lipinski definition) is 6. The van der Waals surface area contributed by atoms with Crippen LogP contribution in [0, 0.1) is 11.8 Å². The molecule has 0 saturated carbocycles. The number of amides is 3. The van der Waals surface area contributed by atoms with Gasteiger partial charge in [0.05, 0.1) is 34.8 Å². The normalized spacial score (nSPS) is 20.0. The second kappa shape index (κ2) is 8.20. The van der Waals surface area contributed by atoms with Gasteiger partial charge in [0.15, 0.2) is 5.13 Å². The smallest absolute Gasteiger partial charge is 0.253 e. The molecule has 0 unspecified atom stereocenters. The van der Waals surface area contributed by atoms with Crippen molar-refractivity contribution in [3.63, 3.8) is 0 Å². The predicted octanol–water partition coefficient (Wildman–Crippen LogP) is 3.92. The van der Waals surface area contributed by atoms with Gasteiger partial charge in [-0.25, -0.2) is 4.98 Å². The molecule has 1 aliphatic carbocycles. The maximum Gasteiger partial charge on any atom is 0.253 e. The number of benzene rings is 2. The first-order valence-electron chi connectivity index (χ1n) is 10.4. The van der Waals surface area contributed by atoms with Gasteiger partial charge in [0.1, 0.15) is 12.3 Å². The maximum atomic E-state index is 13.6. The van der Waals surface area contributed by atoms with Crippen molar-refractivity contribution < 1.29 is 19.1 Å². The Morgan fingerprint density at radius 1 is 1.09 bits per heavy atom. The van der Waals surface area contributed by atoms with Crippen LogP contribution in [0.4, 0.5) is 10.8 Å². The van der Waals surface area contributed by atoms with Crippen molar-refractivity contribution in [1.82, 2.24) is 9.88 Å². The van der Waals surface area contributed by atoms with E-state index in [0.29, 0.717) is 29.4 Å². The molecule has 32 heavy (non-hydrogen) atoms. The van der Waals surface area contributed by atoms with Gasteiger partial charge in [0.25, 0.3) is 5.91 Å². The Morgan fingerprint density at radius 3 is 2.50 bits per heavy atom. The minimum absolute atomic E-state index is 0.271. The fourth-order valence-electron chi connectivity index (χ4n) is 4.30. The lowest BCUT2D eigenvalue weighted by molar-refractivity contribution is -0.143. The van der Waals surface area contributed by atoms with E-state index < -0.39 is 5.91 Å². The number of thiazole rings is 1. The first-order valence-corrected chi connectivity index (χ1v) is 11.2. The fourth-order valence-corrected chi connectivity index (χ4v) is 5.30. The highest BCUT2D eigenvalue weighted by Gasteiger charge is 2.48. The van der Waals surface area contributed by atoms with Crippen LogP contribution in [0.15, 0.2) is 60.7 Å². The number of aromatic nitrogens is 1. The molecule has 5 rings (SSSR count). The molecular formula is C24H21N3O4S. The van der Waals surface area contributed by atoms with Crippen LogP contribution in [-0.2, 0) is 14.4 Å². The molecule has 1 fully saturated rings. The minimum Gasteiger partial charge on any atom is -0.497 e. The molecule has 0 radical (unpaired) electrons. The van der Waals surface area contributed by atoms with Crippen molar-refractivity contribution in [3.05, 3.63) is 60.7 Å². The van der Waals surface area contributed by atoms with Gasteiger partial charge in [-0.3, -0.25) is 24.2 Å². The Morgan fingerprint density at radius 2 is 1.81 bits per heavy atom. The van der Waals surface area contributed by atoms with Gasteiger partial charge in [-0.2, -0.15) is 0 Å². The largest absolute Gasteiger partial charge is 0.497 e. The van der Waals surface area contributed by atoms with E-state index in [4.69, 9.17) is 4.74 Å². The Kier molecular flexibility index (Phi) is 5.22. The van der Waals surface area contributed by atoms with Crippen LogP contribution in [0.1, 0.15) is 12.8 Å². The third-order valence-corrected chi connectivity index (χ3v) is 6.95. The van der Waals surface area contributed by atoms with Crippen LogP contribution < -0.4 is 9.64 Å². The van der Waals surface area contributed by atoms with Gasteiger partial charge in [-0.05, 0) is 37.1 Å². The molecule has 0 bridgehead atoms. The quantitative estimate of drug-likeness (QED) is 0.438. The third kappa shape index (κ3) is 3.46. The highest BCUT2D eigenvalue weighted by molar-refractivity contribution is 7.22. The van der Waals surface area contributed by atoms with Gasteiger partial charge in [-0.1, -0.05) is 41.7 Å². The molecule has 3 amide bonds. The standard InChI is InChI=1S/C24H21N3O4S/c1-31-16-8-6-7-15(13-16)27(24-25-19-11-4-5-12-20(19)32-24)21(28)14-26-22(29)17-9-2-3-10-18(17)23(26)30/h2-8,11-13,17-18H,9-10,14H2,1H3/t17-,18-/m1/s1. The molecule has 7 nitrogen and oxygen atoms in total. The first-order chi connectivity index (χ1) is 15.6. The molecular weight excluding hydrogens is 426 g/mol. The van der Waals surface area contributed by atoms with E-state index in [2.05, 4.69) is 4.98 Å². The van der Waals surface area contributed by atoms with E-state index in [0.717, 1.165) is 15.1 Å². The summed E-state index contributed by atoms with van der Waals surface area (Å²) >= 11 is 1.38. The van der Waals surface area contributed by atoms with Gasteiger partial charge in [0.2, 0.25) is 11.8 Å². The highest BCUT2D eigenvalue weighted by atomic mass is 32.1. The van der Waals surface area contributed by atoms with Crippen molar-refractivity contribution in [2.45, 2.75) is 12.8 Å². The van der Waals surface area contributed by atoms with Gasteiger partial charge >= 0.3 is 0 Å². The maximum absolute atomic E-state index is 13.6. The number of anilines is 2. The van der Waals surface area contributed by atoms with Crippen LogP contribution in [0.5, 0.6) is 5.75 Å². The summed E-state index contributed by atoms with van der Waals surface area (Å²) in [5.74, 6) is -1.08. The molecule has 1 saturated heterocycles. The van der Waals surface area contributed by atoms with E-state index in [1.54, 1.807) is 31.4 Å². The zero-order chi connectivity index (χ0) is 22.2. The van der Waals surface area contributed by atoms with E-state index in [-0.39, 0.29) is 30.2 Å². The molecule has 2 aromatic carbocycles. The molecule has 2 aliphatic rings. The average Bonchev–Trinajstić information content (AvgIpc) is 3.34. The van der Waals surface area contributed by atoms with Gasteiger partial charge in [-0.15, -0.1) is 0 Å². The minimum atomic E-state index is -0.398. The lowest BCUT2D eigenvalue weighted by atomic mass is 9.85. The number of carbonyl (C=O) groups excluding carboxylic acids is 3. The fraction of sp³-hybridized carbons (Fsp3) is 0.250. The second-order valence-corrected chi connectivity index (χ2v) is 8.82. The molecule has 2 heterocycles. The summed E-state index contributed by atoms with van der Waals surface area (Å²) in [6.45, 7) is -0.322. The van der Waals surface area contributed by atoms with Crippen LogP contribution >= 0.6 is 11.3 Å². The van der Waals surface area contributed by atoms with Crippen LogP contribution in [-0.4, -0.2) is 41.3 Å². The Labute approximate surface area is 188 Å². The topological polar surface area (TPSA) is 79.8 Å². The molecule has 3 aromatic rings.